The van der Waals surface area contributed by atoms with E-state index in [0.717, 1.165) is 11.5 Å². The molecule has 0 atom stereocenters. The van der Waals surface area contributed by atoms with E-state index in [4.69, 9.17) is 4.42 Å². The number of anilines is 1. The summed E-state index contributed by atoms with van der Waals surface area (Å²) in [7, 11) is 0. The number of aromatic nitrogens is 1. The SMILES string of the molecule is Cc1nc(CNC(=O)CCNc2ccccc2[N+](=O)[O-])oc1C. The number of nitro benzene ring substituents is 1. The molecule has 1 aromatic carbocycles. The maximum absolute atomic E-state index is 11.8. The molecule has 0 aliphatic heterocycles. The van der Waals surface area contributed by atoms with E-state index in [9.17, 15) is 14.9 Å². The predicted molar refractivity (Wildman–Crippen MR) is 84.0 cm³/mol. The topological polar surface area (TPSA) is 110 Å². The van der Waals surface area contributed by atoms with Crippen molar-refractivity contribution in [2.24, 2.45) is 0 Å². The third kappa shape index (κ3) is 4.53. The van der Waals surface area contributed by atoms with Crippen LogP contribution < -0.4 is 10.6 Å². The van der Waals surface area contributed by atoms with Crippen molar-refractivity contribution < 1.29 is 14.1 Å². The lowest BCUT2D eigenvalue weighted by molar-refractivity contribution is -0.384. The molecule has 0 radical (unpaired) electrons. The van der Waals surface area contributed by atoms with E-state index in [0.29, 0.717) is 18.1 Å². The number of nitrogens with one attached hydrogen (secondary N) is 2. The van der Waals surface area contributed by atoms with E-state index in [2.05, 4.69) is 15.6 Å². The monoisotopic (exact) mass is 318 g/mol. The number of hydrogen-bond acceptors (Lipinski definition) is 6. The number of nitro groups is 1. The van der Waals surface area contributed by atoms with E-state index in [1.807, 2.05) is 13.8 Å². The lowest BCUT2D eigenvalue weighted by Gasteiger charge is -2.07. The molecule has 122 valence electrons. The largest absolute Gasteiger partial charge is 0.444 e. The van der Waals surface area contributed by atoms with Crippen molar-refractivity contribution >= 4 is 17.3 Å². The molecule has 23 heavy (non-hydrogen) atoms. The fraction of sp³-hybridized carbons (Fsp3) is 0.333. The van der Waals surface area contributed by atoms with Gasteiger partial charge in [0.1, 0.15) is 11.4 Å². The molecule has 2 rings (SSSR count). The second-order valence-corrected chi connectivity index (χ2v) is 4.98. The van der Waals surface area contributed by atoms with Gasteiger partial charge in [-0.1, -0.05) is 12.1 Å². The Hall–Kier alpha value is -2.90. The number of benzene rings is 1. The van der Waals surface area contributed by atoms with E-state index in [1.165, 1.54) is 6.07 Å². The molecular formula is C15H18N4O4. The van der Waals surface area contributed by atoms with Gasteiger partial charge in [0.2, 0.25) is 11.8 Å². The van der Waals surface area contributed by atoms with Crippen molar-refractivity contribution in [3.8, 4) is 0 Å². The summed E-state index contributed by atoms with van der Waals surface area (Å²) in [5, 5.41) is 16.5. The van der Waals surface area contributed by atoms with Gasteiger partial charge in [-0.15, -0.1) is 0 Å². The van der Waals surface area contributed by atoms with Gasteiger partial charge in [-0.3, -0.25) is 14.9 Å². The maximum Gasteiger partial charge on any atom is 0.292 e. The second-order valence-electron chi connectivity index (χ2n) is 4.98. The summed E-state index contributed by atoms with van der Waals surface area (Å²) in [6.07, 6.45) is 0.185. The summed E-state index contributed by atoms with van der Waals surface area (Å²) in [4.78, 5) is 26.3. The van der Waals surface area contributed by atoms with Gasteiger partial charge in [-0.2, -0.15) is 0 Å². The minimum Gasteiger partial charge on any atom is -0.444 e. The Labute approximate surface area is 133 Å². The lowest BCUT2D eigenvalue weighted by Crippen LogP contribution is -2.25. The van der Waals surface area contributed by atoms with Crippen molar-refractivity contribution in [1.29, 1.82) is 0 Å². The average Bonchev–Trinajstić information content (AvgIpc) is 2.84. The molecule has 0 aliphatic carbocycles. The number of carbonyl (C=O) groups is 1. The van der Waals surface area contributed by atoms with Crippen LogP contribution in [0.1, 0.15) is 23.8 Å². The fourth-order valence-corrected chi connectivity index (χ4v) is 1.97. The molecule has 8 heteroatoms. The molecule has 2 N–H and O–H groups in total. The van der Waals surface area contributed by atoms with Crippen LogP contribution >= 0.6 is 0 Å². The number of nitrogens with zero attached hydrogens (tertiary/aromatic N) is 2. The highest BCUT2D eigenvalue weighted by atomic mass is 16.6. The van der Waals surface area contributed by atoms with Crippen LogP contribution in [0, 0.1) is 24.0 Å². The molecule has 0 spiro atoms. The van der Waals surface area contributed by atoms with Gasteiger partial charge >= 0.3 is 0 Å². The molecule has 2 aromatic rings. The number of para-hydroxylation sites is 2. The van der Waals surface area contributed by atoms with Gasteiger partial charge in [0, 0.05) is 19.0 Å². The number of aryl methyl sites for hydroxylation is 2. The molecule has 1 aromatic heterocycles. The fourth-order valence-electron chi connectivity index (χ4n) is 1.97. The second kappa shape index (κ2) is 7.39. The normalized spacial score (nSPS) is 10.3. The Balaban J connectivity index is 1.78. The zero-order valence-corrected chi connectivity index (χ0v) is 13.0. The van der Waals surface area contributed by atoms with Crippen molar-refractivity contribution in [2.45, 2.75) is 26.8 Å². The quantitative estimate of drug-likeness (QED) is 0.599. The molecule has 0 saturated carbocycles. The van der Waals surface area contributed by atoms with Gasteiger partial charge in [0.05, 0.1) is 17.2 Å². The van der Waals surface area contributed by atoms with Crippen molar-refractivity contribution in [3.63, 3.8) is 0 Å². The number of amides is 1. The van der Waals surface area contributed by atoms with Crippen LogP contribution in [0.5, 0.6) is 0 Å². The molecule has 0 bridgehead atoms. The van der Waals surface area contributed by atoms with Gasteiger partial charge in [0.25, 0.3) is 5.69 Å². The third-order valence-electron chi connectivity index (χ3n) is 3.28. The Bertz CT molecular complexity index is 692. The van der Waals surface area contributed by atoms with Crippen molar-refractivity contribution in [2.75, 3.05) is 11.9 Å². The summed E-state index contributed by atoms with van der Waals surface area (Å²) in [6, 6.07) is 6.31. The zero-order valence-electron chi connectivity index (χ0n) is 13.0. The highest BCUT2D eigenvalue weighted by Crippen LogP contribution is 2.22. The van der Waals surface area contributed by atoms with Crippen LogP contribution in [0.15, 0.2) is 28.7 Å². The number of carbonyl (C=O) groups excluding carboxylic acids is 1. The van der Waals surface area contributed by atoms with Crippen LogP contribution in [0.25, 0.3) is 0 Å². The summed E-state index contributed by atoms with van der Waals surface area (Å²) in [5.74, 6) is 0.997. The Morgan fingerprint density at radius 1 is 1.35 bits per heavy atom. The third-order valence-corrected chi connectivity index (χ3v) is 3.28. The molecule has 1 heterocycles. The number of rotatable bonds is 7. The first kappa shape index (κ1) is 16.5. The van der Waals surface area contributed by atoms with E-state index in [1.54, 1.807) is 18.2 Å². The lowest BCUT2D eigenvalue weighted by atomic mass is 10.2. The average molecular weight is 318 g/mol. The zero-order chi connectivity index (χ0) is 16.8. The van der Waals surface area contributed by atoms with Crippen LogP contribution in [0.4, 0.5) is 11.4 Å². The molecule has 0 saturated heterocycles. The van der Waals surface area contributed by atoms with E-state index < -0.39 is 4.92 Å². The minimum absolute atomic E-state index is 0.0151. The van der Waals surface area contributed by atoms with Crippen LogP contribution in [-0.4, -0.2) is 22.4 Å². The highest BCUT2D eigenvalue weighted by Gasteiger charge is 2.12. The molecule has 0 aliphatic rings. The summed E-state index contributed by atoms with van der Waals surface area (Å²) in [5.41, 5.74) is 1.18. The van der Waals surface area contributed by atoms with Crippen molar-refractivity contribution in [3.05, 3.63) is 51.7 Å². The molecule has 0 unspecified atom stereocenters. The van der Waals surface area contributed by atoms with Crippen LogP contribution in [0.2, 0.25) is 0 Å². The van der Waals surface area contributed by atoms with E-state index >= 15 is 0 Å². The van der Waals surface area contributed by atoms with Gasteiger partial charge in [-0.25, -0.2) is 4.98 Å². The summed E-state index contributed by atoms with van der Waals surface area (Å²) in [6.45, 7) is 4.16. The number of oxazole rings is 1. The molecule has 8 nitrogen and oxygen atoms in total. The van der Waals surface area contributed by atoms with Gasteiger partial charge < -0.3 is 15.1 Å². The first-order chi connectivity index (χ1) is 11.0. The van der Waals surface area contributed by atoms with Gasteiger partial charge in [-0.05, 0) is 19.9 Å². The molecular weight excluding hydrogens is 300 g/mol. The predicted octanol–water partition coefficient (Wildman–Crippen LogP) is 2.32. The first-order valence-electron chi connectivity index (χ1n) is 7.14. The summed E-state index contributed by atoms with van der Waals surface area (Å²) >= 11 is 0. The van der Waals surface area contributed by atoms with E-state index in [-0.39, 0.29) is 24.6 Å². The summed E-state index contributed by atoms with van der Waals surface area (Å²) < 4.78 is 5.36. The Morgan fingerprint density at radius 2 is 2.09 bits per heavy atom. The maximum atomic E-state index is 11.8. The highest BCUT2D eigenvalue weighted by molar-refractivity contribution is 5.76. The minimum atomic E-state index is -0.463. The standard InChI is InChI=1S/C15H18N4O4/c1-10-11(2)23-15(18-10)9-17-14(20)7-8-16-12-5-3-4-6-13(12)19(21)22/h3-6,16H,7-9H2,1-2H3,(H,17,20). The van der Waals surface area contributed by atoms with Crippen LogP contribution in [-0.2, 0) is 11.3 Å². The van der Waals surface area contributed by atoms with Crippen LogP contribution in [0.3, 0.4) is 0 Å². The molecule has 1 amide bonds. The Morgan fingerprint density at radius 3 is 2.74 bits per heavy atom. The Kier molecular flexibility index (Phi) is 5.29. The molecule has 0 fully saturated rings. The van der Waals surface area contributed by atoms with Crippen molar-refractivity contribution in [1.82, 2.24) is 10.3 Å². The van der Waals surface area contributed by atoms with Gasteiger partial charge in [0.15, 0.2) is 0 Å². The first-order valence-corrected chi connectivity index (χ1v) is 7.14. The number of hydrogen-bond donors (Lipinski definition) is 2. The smallest absolute Gasteiger partial charge is 0.292 e.